The predicted molar refractivity (Wildman–Crippen MR) is 121 cm³/mol. The first kappa shape index (κ1) is 20.6. The molecule has 8 heteroatoms. The van der Waals surface area contributed by atoms with Gasteiger partial charge in [-0.05, 0) is 24.6 Å². The van der Waals surface area contributed by atoms with E-state index in [2.05, 4.69) is 5.32 Å². The average molecular weight is 441 g/mol. The molecule has 2 aromatic heterocycles. The Labute approximate surface area is 189 Å². The molecular weight excluding hydrogens is 420 g/mol. The Morgan fingerprint density at radius 3 is 2.67 bits per heavy atom. The van der Waals surface area contributed by atoms with Crippen LogP contribution in [0.15, 0.2) is 77.5 Å². The molecule has 4 aromatic rings. The van der Waals surface area contributed by atoms with Gasteiger partial charge in [-0.1, -0.05) is 42.5 Å². The number of aromatic nitrogens is 2. The van der Waals surface area contributed by atoms with Crippen molar-refractivity contribution in [1.29, 1.82) is 0 Å². The predicted octanol–water partition coefficient (Wildman–Crippen LogP) is 4.11. The van der Waals surface area contributed by atoms with E-state index in [1.54, 1.807) is 42.1 Å². The summed E-state index contributed by atoms with van der Waals surface area (Å²) in [4.78, 5) is 29.2. The molecule has 5 rings (SSSR count). The molecule has 0 saturated heterocycles. The van der Waals surface area contributed by atoms with Gasteiger partial charge in [0.1, 0.15) is 23.3 Å². The summed E-state index contributed by atoms with van der Waals surface area (Å²) in [6, 6.07) is 17.9. The lowest BCUT2D eigenvalue weighted by Crippen LogP contribution is -2.44. The number of furan rings is 1. The van der Waals surface area contributed by atoms with Crippen LogP contribution in [0, 0.1) is 17.0 Å². The number of carbonyl (C=O) groups excluding carboxylic acids is 1. The van der Waals surface area contributed by atoms with Gasteiger partial charge in [-0.25, -0.2) is 9.78 Å². The van der Waals surface area contributed by atoms with Gasteiger partial charge in [0.25, 0.3) is 5.69 Å². The van der Waals surface area contributed by atoms with Crippen LogP contribution in [0.3, 0.4) is 0 Å². The number of rotatable bonds is 6. The minimum Gasteiger partial charge on any atom is -0.469 e. The highest BCUT2D eigenvalue weighted by Gasteiger charge is 2.41. The molecule has 1 unspecified atom stereocenters. The zero-order valence-electron chi connectivity index (χ0n) is 17.9. The SMILES string of the molecule is Cc1c(-c2c[n+]3c(c(Cc4ccccc4)n2)NC(Cc2ccco2)C3=O)cccc1[N+](=O)[O-]. The van der Waals surface area contributed by atoms with Crippen molar-refractivity contribution in [2.45, 2.75) is 25.8 Å². The fraction of sp³-hybridized carbons (Fsp3) is 0.160. The summed E-state index contributed by atoms with van der Waals surface area (Å²) in [7, 11) is 0. The van der Waals surface area contributed by atoms with E-state index in [0.29, 0.717) is 46.9 Å². The van der Waals surface area contributed by atoms with Gasteiger partial charge in [0.2, 0.25) is 6.04 Å². The monoisotopic (exact) mass is 441 g/mol. The number of nitro benzene ring substituents is 1. The highest BCUT2D eigenvalue weighted by Crippen LogP contribution is 2.30. The Balaban J connectivity index is 1.61. The molecule has 0 fully saturated rings. The Morgan fingerprint density at radius 2 is 1.94 bits per heavy atom. The van der Waals surface area contributed by atoms with Crippen LogP contribution >= 0.6 is 0 Å². The number of hydrogen-bond donors (Lipinski definition) is 1. The normalized spacial score (nSPS) is 14.7. The van der Waals surface area contributed by atoms with Gasteiger partial charge < -0.3 is 4.42 Å². The lowest BCUT2D eigenvalue weighted by Gasteiger charge is -2.09. The summed E-state index contributed by atoms with van der Waals surface area (Å²) in [6.07, 6.45) is 4.16. The number of nitrogens with one attached hydrogen (secondary N) is 1. The van der Waals surface area contributed by atoms with Gasteiger partial charge >= 0.3 is 11.7 Å². The molecule has 164 valence electrons. The van der Waals surface area contributed by atoms with Crippen LogP contribution in [0.4, 0.5) is 11.5 Å². The van der Waals surface area contributed by atoms with Gasteiger partial charge in [0.05, 0.1) is 17.6 Å². The molecule has 0 amide bonds. The van der Waals surface area contributed by atoms with Crippen LogP contribution in [0.1, 0.15) is 27.4 Å². The van der Waals surface area contributed by atoms with Crippen molar-refractivity contribution in [3.63, 3.8) is 0 Å². The van der Waals surface area contributed by atoms with Gasteiger partial charge in [0, 0.05) is 23.6 Å². The quantitative estimate of drug-likeness (QED) is 0.274. The van der Waals surface area contributed by atoms with Crippen LogP contribution in [-0.2, 0) is 12.8 Å². The minimum absolute atomic E-state index is 0.0181. The summed E-state index contributed by atoms with van der Waals surface area (Å²) in [5, 5.41) is 14.8. The molecule has 33 heavy (non-hydrogen) atoms. The number of fused-ring (bicyclic) bond motifs is 1. The third-order valence-electron chi connectivity index (χ3n) is 5.85. The maximum atomic E-state index is 13.3. The molecule has 0 saturated carbocycles. The van der Waals surface area contributed by atoms with E-state index < -0.39 is 11.0 Å². The van der Waals surface area contributed by atoms with Crippen molar-refractivity contribution in [1.82, 2.24) is 4.98 Å². The van der Waals surface area contributed by atoms with E-state index in [1.165, 1.54) is 6.07 Å². The summed E-state index contributed by atoms with van der Waals surface area (Å²) < 4.78 is 7.01. The Bertz CT molecular complexity index is 1350. The molecule has 1 atom stereocenters. The van der Waals surface area contributed by atoms with Crippen molar-refractivity contribution in [3.8, 4) is 11.3 Å². The van der Waals surface area contributed by atoms with Crippen LogP contribution in [0.5, 0.6) is 0 Å². The molecule has 0 spiro atoms. The molecular formula is C25H21N4O4+. The van der Waals surface area contributed by atoms with E-state index >= 15 is 0 Å². The zero-order valence-corrected chi connectivity index (χ0v) is 17.9. The van der Waals surface area contributed by atoms with Crippen molar-refractivity contribution in [2.24, 2.45) is 0 Å². The number of nitrogens with zero attached hydrogens (tertiary/aromatic N) is 3. The molecule has 3 heterocycles. The maximum absolute atomic E-state index is 13.3. The fourth-order valence-electron chi connectivity index (χ4n) is 4.18. The first-order valence-electron chi connectivity index (χ1n) is 10.6. The molecule has 8 nitrogen and oxygen atoms in total. The van der Waals surface area contributed by atoms with Gasteiger partial charge in [-0.15, -0.1) is 0 Å². The number of nitro groups is 1. The second-order valence-electron chi connectivity index (χ2n) is 7.98. The molecule has 0 aliphatic carbocycles. The molecule has 0 radical (unpaired) electrons. The average Bonchev–Trinajstić information content (AvgIpc) is 3.43. The largest absolute Gasteiger partial charge is 0.469 e. The highest BCUT2D eigenvalue weighted by atomic mass is 16.6. The Hall–Kier alpha value is -4.33. The van der Waals surface area contributed by atoms with Crippen LogP contribution in [-0.4, -0.2) is 21.9 Å². The van der Waals surface area contributed by atoms with Crippen molar-refractivity contribution >= 4 is 17.4 Å². The van der Waals surface area contributed by atoms with Crippen LogP contribution < -0.4 is 9.88 Å². The lowest BCUT2D eigenvalue weighted by atomic mass is 10.0. The van der Waals surface area contributed by atoms with Gasteiger partial charge in [0.15, 0.2) is 0 Å². The summed E-state index contributed by atoms with van der Waals surface area (Å²) in [5.74, 6) is 1.22. The second-order valence-corrected chi connectivity index (χ2v) is 7.98. The first-order chi connectivity index (χ1) is 16.0. The van der Waals surface area contributed by atoms with E-state index in [1.807, 2.05) is 36.4 Å². The molecule has 2 aromatic carbocycles. The Kier molecular flexibility index (Phi) is 5.18. The van der Waals surface area contributed by atoms with E-state index in [-0.39, 0.29) is 11.6 Å². The van der Waals surface area contributed by atoms with E-state index in [4.69, 9.17) is 9.40 Å². The van der Waals surface area contributed by atoms with Crippen molar-refractivity contribution in [2.75, 3.05) is 5.32 Å². The van der Waals surface area contributed by atoms with Gasteiger partial charge in [-0.3, -0.25) is 15.4 Å². The maximum Gasteiger partial charge on any atom is 0.359 e. The van der Waals surface area contributed by atoms with Crippen molar-refractivity contribution in [3.05, 3.63) is 106 Å². The molecule has 1 aliphatic heterocycles. The van der Waals surface area contributed by atoms with Gasteiger partial charge in [-0.2, -0.15) is 4.57 Å². The number of hydrogen-bond acceptors (Lipinski definition) is 6. The van der Waals surface area contributed by atoms with E-state index in [9.17, 15) is 14.9 Å². The zero-order chi connectivity index (χ0) is 22.9. The van der Waals surface area contributed by atoms with Crippen LogP contribution in [0.2, 0.25) is 0 Å². The lowest BCUT2D eigenvalue weighted by molar-refractivity contribution is -0.552. The van der Waals surface area contributed by atoms with Crippen LogP contribution in [0.25, 0.3) is 11.3 Å². The first-order valence-corrected chi connectivity index (χ1v) is 10.6. The summed E-state index contributed by atoms with van der Waals surface area (Å²) >= 11 is 0. The fourth-order valence-corrected chi connectivity index (χ4v) is 4.18. The third-order valence-corrected chi connectivity index (χ3v) is 5.85. The highest BCUT2D eigenvalue weighted by molar-refractivity contribution is 5.83. The smallest absolute Gasteiger partial charge is 0.359 e. The standard InChI is InChI=1S/C25H20N4O4/c1-16-19(10-5-11-23(16)29(31)32)22-15-28-24(20(26-22)13-17-7-3-2-4-8-17)27-21(25(28)30)14-18-9-6-12-33-18/h2-12,15,21H,13-14H2,1H3/p+1. The number of benzene rings is 2. The molecule has 1 N–H and O–H groups in total. The topological polar surface area (TPSA) is 102 Å². The third kappa shape index (κ3) is 3.87. The number of anilines is 1. The number of carbonyl (C=O) groups is 1. The Morgan fingerprint density at radius 1 is 1.12 bits per heavy atom. The molecule has 1 aliphatic rings. The second kappa shape index (κ2) is 8.31. The summed E-state index contributed by atoms with van der Waals surface area (Å²) in [5.41, 5.74) is 3.40. The van der Waals surface area contributed by atoms with Crippen molar-refractivity contribution < 1.29 is 18.7 Å². The molecule has 0 bridgehead atoms. The summed E-state index contributed by atoms with van der Waals surface area (Å²) in [6.45, 7) is 1.70. The van der Waals surface area contributed by atoms with E-state index in [0.717, 1.165) is 5.56 Å². The minimum atomic E-state index is -0.492.